The van der Waals surface area contributed by atoms with Gasteiger partial charge in [-0.3, -0.25) is 9.78 Å². The van der Waals surface area contributed by atoms with Gasteiger partial charge in [-0.1, -0.05) is 6.92 Å². The van der Waals surface area contributed by atoms with Gasteiger partial charge in [-0.05, 0) is 26.2 Å². The van der Waals surface area contributed by atoms with Crippen molar-refractivity contribution in [3.63, 3.8) is 0 Å². The summed E-state index contributed by atoms with van der Waals surface area (Å²) >= 11 is 0. The van der Waals surface area contributed by atoms with Gasteiger partial charge in [0, 0.05) is 19.3 Å². The summed E-state index contributed by atoms with van der Waals surface area (Å²) in [6.45, 7) is 7.27. The number of hydrogen-bond acceptors (Lipinski definition) is 4. The Morgan fingerprint density at radius 3 is 2.83 bits per heavy atom. The van der Waals surface area contributed by atoms with Crippen LogP contribution < -0.4 is 4.90 Å². The molecule has 2 rings (SSSR count). The van der Waals surface area contributed by atoms with Crippen molar-refractivity contribution >= 4 is 11.8 Å². The second-order valence-corrected chi connectivity index (χ2v) is 5.20. The highest BCUT2D eigenvalue weighted by Crippen LogP contribution is 2.26. The van der Waals surface area contributed by atoms with Crippen LogP contribution in [0.5, 0.6) is 0 Å². The SMILES string of the molecule is Cc1cnc(C)c(N2CC(C)CC(C(=O)O)C2)n1. The summed E-state index contributed by atoms with van der Waals surface area (Å²) in [4.78, 5) is 22.0. The summed E-state index contributed by atoms with van der Waals surface area (Å²) in [5.41, 5.74) is 1.72. The minimum absolute atomic E-state index is 0.310. The second-order valence-electron chi connectivity index (χ2n) is 5.20. The average Bonchev–Trinajstić information content (AvgIpc) is 2.31. The fourth-order valence-corrected chi connectivity index (χ4v) is 2.53. The normalized spacial score (nSPS) is 24.1. The Labute approximate surface area is 107 Å². The lowest BCUT2D eigenvalue weighted by Crippen LogP contribution is -2.43. The maximum atomic E-state index is 11.2. The van der Waals surface area contributed by atoms with E-state index in [1.165, 1.54) is 0 Å². The van der Waals surface area contributed by atoms with Crippen LogP contribution in [-0.4, -0.2) is 34.1 Å². The molecule has 1 fully saturated rings. The van der Waals surface area contributed by atoms with Gasteiger partial charge >= 0.3 is 5.97 Å². The van der Waals surface area contributed by atoms with Gasteiger partial charge in [-0.25, -0.2) is 4.98 Å². The van der Waals surface area contributed by atoms with E-state index in [9.17, 15) is 9.90 Å². The van der Waals surface area contributed by atoms with Crippen molar-refractivity contribution in [3.8, 4) is 0 Å². The molecule has 0 aliphatic carbocycles. The molecule has 98 valence electrons. The first kappa shape index (κ1) is 12.8. The molecule has 1 aliphatic rings. The number of carboxylic acids is 1. The molecule has 5 nitrogen and oxygen atoms in total. The molecule has 0 aromatic carbocycles. The zero-order valence-electron chi connectivity index (χ0n) is 11.1. The van der Waals surface area contributed by atoms with Crippen LogP contribution in [0, 0.1) is 25.7 Å². The Hall–Kier alpha value is -1.65. The number of carbonyl (C=O) groups is 1. The van der Waals surface area contributed by atoms with Crippen molar-refractivity contribution in [3.05, 3.63) is 17.6 Å². The van der Waals surface area contributed by atoms with E-state index in [0.29, 0.717) is 12.5 Å². The van der Waals surface area contributed by atoms with Crippen molar-refractivity contribution in [2.45, 2.75) is 27.2 Å². The number of hydrogen-bond donors (Lipinski definition) is 1. The van der Waals surface area contributed by atoms with Gasteiger partial charge in [0.25, 0.3) is 0 Å². The fourth-order valence-electron chi connectivity index (χ4n) is 2.53. The molecule has 18 heavy (non-hydrogen) atoms. The van der Waals surface area contributed by atoms with Crippen LogP contribution >= 0.6 is 0 Å². The number of aliphatic carboxylic acids is 1. The third-order valence-electron chi connectivity index (χ3n) is 3.36. The molecule has 1 saturated heterocycles. The van der Waals surface area contributed by atoms with E-state index >= 15 is 0 Å². The average molecular weight is 249 g/mol. The summed E-state index contributed by atoms with van der Waals surface area (Å²) in [5, 5.41) is 9.18. The maximum absolute atomic E-state index is 11.2. The summed E-state index contributed by atoms with van der Waals surface area (Å²) in [7, 11) is 0. The van der Waals surface area contributed by atoms with E-state index in [2.05, 4.69) is 21.8 Å². The largest absolute Gasteiger partial charge is 0.481 e. The molecular weight excluding hydrogens is 230 g/mol. The van der Waals surface area contributed by atoms with Gasteiger partial charge in [-0.2, -0.15) is 0 Å². The van der Waals surface area contributed by atoms with E-state index < -0.39 is 5.97 Å². The minimum atomic E-state index is -0.718. The minimum Gasteiger partial charge on any atom is -0.481 e. The van der Waals surface area contributed by atoms with Gasteiger partial charge in [0.1, 0.15) is 5.82 Å². The van der Waals surface area contributed by atoms with Gasteiger partial charge in [0.15, 0.2) is 0 Å². The summed E-state index contributed by atoms with van der Waals surface area (Å²) in [6.07, 6.45) is 2.48. The van der Waals surface area contributed by atoms with E-state index in [-0.39, 0.29) is 5.92 Å². The molecule has 5 heteroatoms. The Balaban J connectivity index is 2.26. The molecule has 2 atom stereocenters. The summed E-state index contributed by atoms with van der Waals surface area (Å²) < 4.78 is 0. The van der Waals surface area contributed by atoms with E-state index in [1.54, 1.807) is 6.20 Å². The molecule has 1 N–H and O–H groups in total. The van der Waals surface area contributed by atoms with Gasteiger partial charge < -0.3 is 10.0 Å². The first-order valence-electron chi connectivity index (χ1n) is 6.25. The predicted molar refractivity (Wildman–Crippen MR) is 68.6 cm³/mol. The smallest absolute Gasteiger partial charge is 0.308 e. The van der Waals surface area contributed by atoms with Crippen molar-refractivity contribution in [2.75, 3.05) is 18.0 Å². The van der Waals surface area contributed by atoms with Gasteiger partial charge in [0.05, 0.1) is 17.3 Å². The number of piperidine rings is 1. The Kier molecular flexibility index (Phi) is 3.50. The van der Waals surface area contributed by atoms with Crippen LogP contribution in [0.25, 0.3) is 0 Å². The Morgan fingerprint density at radius 1 is 1.44 bits per heavy atom. The maximum Gasteiger partial charge on any atom is 0.308 e. The molecule has 1 aromatic heterocycles. The monoisotopic (exact) mass is 249 g/mol. The lowest BCUT2D eigenvalue weighted by Gasteiger charge is -2.36. The molecule has 0 amide bonds. The van der Waals surface area contributed by atoms with Crippen LogP contribution in [0.3, 0.4) is 0 Å². The lowest BCUT2D eigenvalue weighted by atomic mass is 9.90. The van der Waals surface area contributed by atoms with Crippen molar-refractivity contribution in [1.29, 1.82) is 0 Å². The summed E-state index contributed by atoms with van der Waals surface area (Å²) in [6, 6.07) is 0. The van der Waals surface area contributed by atoms with Crippen molar-refractivity contribution in [1.82, 2.24) is 9.97 Å². The quantitative estimate of drug-likeness (QED) is 0.863. The summed E-state index contributed by atoms with van der Waals surface area (Å²) in [5.74, 6) is 0.162. The molecular formula is C13H19N3O2. The highest BCUT2D eigenvalue weighted by Gasteiger charge is 2.30. The second kappa shape index (κ2) is 4.92. The molecule has 1 aromatic rings. The lowest BCUT2D eigenvalue weighted by molar-refractivity contribution is -0.142. The zero-order chi connectivity index (χ0) is 13.3. The van der Waals surface area contributed by atoms with Crippen LogP contribution in [0.2, 0.25) is 0 Å². The van der Waals surface area contributed by atoms with Crippen LogP contribution in [0.4, 0.5) is 5.82 Å². The van der Waals surface area contributed by atoms with Crippen molar-refractivity contribution < 1.29 is 9.90 Å². The highest BCUT2D eigenvalue weighted by atomic mass is 16.4. The molecule has 0 bridgehead atoms. The number of nitrogens with zero attached hydrogens (tertiary/aromatic N) is 3. The predicted octanol–water partition coefficient (Wildman–Crippen LogP) is 1.64. The van der Waals surface area contributed by atoms with Crippen LogP contribution in [-0.2, 0) is 4.79 Å². The molecule has 2 heterocycles. The third-order valence-corrected chi connectivity index (χ3v) is 3.36. The molecule has 0 saturated carbocycles. The first-order chi connectivity index (χ1) is 8.47. The van der Waals surface area contributed by atoms with E-state index in [4.69, 9.17) is 0 Å². The molecule has 0 radical (unpaired) electrons. The number of carboxylic acid groups (broad SMARTS) is 1. The van der Waals surface area contributed by atoms with Crippen molar-refractivity contribution in [2.24, 2.45) is 11.8 Å². The van der Waals surface area contributed by atoms with Gasteiger partial charge in [0.2, 0.25) is 0 Å². The molecule has 0 spiro atoms. The van der Waals surface area contributed by atoms with Crippen LogP contribution in [0.15, 0.2) is 6.20 Å². The Morgan fingerprint density at radius 2 is 2.17 bits per heavy atom. The standard InChI is InChI=1S/C13H19N3O2/c1-8-4-11(13(17)18)7-16(6-8)12-10(3)14-5-9(2)15-12/h5,8,11H,4,6-7H2,1-3H3,(H,17,18). The number of rotatable bonds is 2. The van der Waals surface area contributed by atoms with Crippen LogP contribution in [0.1, 0.15) is 24.7 Å². The zero-order valence-corrected chi connectivity index (χ0v) is 11.1. The molecule has 2 unspecified atom stereocenters. The first-order valence-corrected chi connectivity index (χ1v) is 6.25. The Bertz CT molecular complexity index is 462. The molecule has 1 aliphatic heterocycles. The number of anilines is 1. The third kappa shape index (κ3) is 2.60. The topological polar surface area (TPSA) is 66.3 Å². The van der Waals surface area contributed by atoms with Gasteiger partial charge in [-0.15, -0.1) is 0 Å². The van der Waals surface area contributed by atoms with E-state index in [1.807, 2.05) is 13.8 Å². The number of aromatic nitrogens is 2. The van der Waals surface area contributed by atoms with E-state index in [0.717, 1.165) is 30.2 Å². The highest BCUT2D eigenvalue weighted by molar-refractivity contribution is 5.71. The fraction of sp³-hybridized carbons (Fsp3) is 0.615. The number of aryl methyl sites for hydroxylation is 2.